The molecule has 9 radical (unpaired) electrons. The predicted molar refractivity (Wildman–Crippen MR) is 110 cm³/mol. The molecular formula is C22H27FeO10. The van der Waals surface area contributed by atoms with E-state index < -0.39 is 17.9 Å². The molecule has 0 atom stereocenters. The first kappa shape index (κ1) is 52.0. The Morgan fingerprint density at radius 2 is 0.636 bits per heavy atom. The number of carboxylic acids is 3. The molecule has 0 saturated carbocycles. The summed E-state index contributed by atoms with van der Waals surface area (Å²) in [5.41, 5.74) is 0.563. The van der Waals surface area contributed by atoms with E-state index in [0.29, 0.717) is 19.3 Å². The fourth-order valence-electron chi connectivity index (χ4n) is 1.21. The molecule has 0 amide bonds. The fraction of sp³-hybridized carbons (Fsp3) is 0.409. The van der Waals surface area contributed by atoms with Gasteiger partial charge in [-0.05, 0) is 36.0 Å². The number of carboxylic acid groups (broad SMARTS) is 3. The van der Waals surface area contributed by atoms with Crippen LogP contribution in [0.3, 0.4) is 0 Å². The van der Waals surface area contributed by atoms with Crippen molar-refractivity contribution in [2.24, 2.45) is 0 Å². The van der Waals surface area contributed by atoms with Gasteiger partial charge in [-0.25, -0.2) is 0 Å². The summed E-state index contributed by atoms with van der Waals surface area (Å²) in [5.74, 6) is -3.40. The standard InChI is InChI=1S/3C6H10O2.4CO.Fe/c3*1-3-4-5(2)6(7)8;4*1-2;/h3*2-4H2,1H3,(H,7,8);;;;;/q;;;;;;;+3/p-3. The monoisotopic (exact) mass is 507 g/mol. The molecule has 10 nitrogen and oxygen atoms in total. The summed E-state index contributed by atoms with van der Waals surface area (Å²) in [7, 11) is 0. The van der Waals surface area contributed by atoms with E-state index in [1.807, 2.05) is 20.8 Å². The number of carbonyl (C=O) groups excluding carboxylic acids is 7. The average molecular weight is 507 g/mol. The first-order chi connectivity index (χ1) is 15.0. The molecule has 0 spiro atoms. The van der Waals surface area contributed by atoms with E-state index in [1.165, 1.54) is 0 Å². The Hall–Kier alpha value is -3.17. The summed E-state index contributed by atoms with van der Waals surface area (Å²) >= 11 is 0. The molecule has 0 N–H and O–H groups in total. The summed E-state index contributed by atoms with van der Waals surface area (Å²) < 4.78 is 0. The molecule has 0 fully saturated rings. The molecule has 0 aromatic carbocycles. The van der Waals surface area contributed by atoms with Gasteiger partial charge in [-0.1, -0.05) is 59.8 Å². The molecule has 0 heterocycles. The van der Waals surface area contributed by atoms with Gasteiger partial charge in [0.25, 0.3) is 27.2 Å². The van der Waals surface area contributed by atoms with Crippen LogP contribution in [0.15, 0.2) is 36.5 Å². The zero-order valence-corrected chi connectivity index (χ0v) is 19.9. The van der Waals surface area contributed by atoms with Crippen LogP contribution in [-0.2, 0) is 50.6 Å². The molecule has 0 aliphatic rings. The smallest absolute Gasteiger partial charge is 0.545 e. The van der Waals surface area contributed by atoms with Crippen molar-refractivity contribution in [1.82, 2.24) is 0 Å². The van der Waals surface area contributed by atoms with Crippen LogP contribution in [-0.4, -0.2) is 45.1 Å². The van der Waals surface area contributed by atoms with Gasteiger partial charge in [0.2, 0.25) is 0 Å². The predicted octanol–water partition coefficient (Wildman–Crippen LogP) is -1.31. The Balaban J connectivity index is -0.0000000404. The largest absolute Gasteiger partial charge is 3.00 e. The van der Waals surface area contributed by atoms with Crippen molar-refractivity contribution in [2.45, 2.75) is 59.3 Å². The van der Waals surface area contributed by atoms with Crippen LogP contribution in [0.4, 0.5) is 0 Å². The summed E-state index contributed by atoms with van der Waals surface area (Å²) in [4.78, 5) is 59.6. The molecule has 183 valence electrons. The van der Waals surface area contributed by atoms with Crippen LogP contribution >= 0.6 is 0 Å². The van der Waals surface area contributed by atoms with Gasteiger partial charge in [0.1, 0.15) is 0 Å². The van der Waals surface area contributed by atoms with Crippen molar-refractivity contribution in [1.29, 1.82) is 0 Å². The zero-order valence-electron chi connectivity index (χ0n) is 18.8. The molecule has 0 bridgehead atoms. The zero-order chi connectivity index (χ0) is 27.7. The third-order valence-corrected chi connectivity index (χ3v) is 2.52. The number of aliphatic carboxylic acids is 3. The van der Waals surface area contributed by atoms with E-state index in [9.17, 15) is 29.7 Å². The topological polar surface area (TPSA) is 189 Å². The summed E-state index contributed by atoms with van der Waals surface area (Å²) in [6.07, 6.45) is 4.03. The van der Waals surface area contributed by atoms with E-state index >= 15 is 0 Å². The van der Waals surface area contributed by atoms with Crippen molar-refractivity contribution in [2.75, 3.05) is 0 Å². The minimum absolute atomic E-state index is 0. The maximum atomic E-state index is 9.88. The van der Waals surface area contributed by atoms with E-state index in [2.05, 4.69) is 46.9 Å². The van der Waals surface area contributed by atoms with Crippen molar-refractivity contribution >= 4 is 45.1 Å². The molecular weight excluding hydrogens is 480 g/mol. The number of hydrogen-bond donors (Lipinski definition) is 0. The van der Waals surface area contributed by atoms with Gasteiger partial charge in [0.15, 0.2) is 0 Å². The van der Waals surface area contributed by atoms with Gasteiger partial charge in [0, 0.05) is 0 Å². The third kappa shape index (κ3) is 65.3. The maximum absolute atomic E-state index is 9.88. The third-order valence-electron chi connectivity index (χ3n) is 2.52. The summed E-state index contributed by atoms with van der Waals surface area (Å²) in [6.45, 7) is 33.5. The summed E-state index contributed by atoms with van der Waals surface area (Å²) in [6, 6.07) is 0. The Morgan fingerprint density at radius 1 is 0.515 bits per heavy atom. The van der Waals surface area contributed by atoms with Crippen molar-refractivity contribution < 1.29 is 66.0 Å². The Morgan fingerprint density at radius 3 is 0.667 bits per heavy atom. The van der Waals surface area contributed by atoms with Crippen LogP contribution in [0.2, 0.25) is 0 Å². The van der Waals surface area contributed by atoms with E-state index in [-0.39, 0.29) is 33.8 Å². The second-order valence-corrected chi connectivity index (χ2v) is 4.92. The van der Waals surface area contributed by atoms with E-state index in [1.54, 1.807) is 0 Å². The minimum atomic E-state index is -1.13. The van der Waals surface area contributed by atoms with Crippen LogP contribution < -0.4 is 15.3 Å². The Labute approximate surface area is 206 Å². The molecule has 33 heavy (non-hydrogen) atoms. The SMILES string of the molecule is C=C(CCC)C(=O)[O-].C=C(CCC)C(=O)[O-].C=C(CCC)C(=O)[O-].[C]=O.[C]=O.[C]=O.[C]=O.[Fe+3]. The van der Waals surface area contributed by atoms with E-state index in [0.717, 1.165) is 19.3 Å². The molecule has 0 rings (SSSR count). The van der Waals surface area contributed by atoms with E-state index in [4.69, 9.17) is 19.2 Å². The molecule has 11 heteroatoms. The van der Waals surface area contributed by atoms with Crippen LogP contribution in [0, 0.1) is 0 Å². The van der Waals surface area contributed by atoms with Crippen LogP contribution in [0.25, 0.3) is 0 Å². The number of hydrogen-bond acceptors (Lipinski definition) is 10. The van der Waals surface area contributed by atoms with Gasteiger partial charge in [0.05, 0.1) is 17.9 Å². The molecule has 0 aliphatic carbocycles. The number of carbonyl (C=O) groups is 3. The average Bonchev–Trinajstić information content (AvgIpc) is 2.80. The Bertz CT molecular complexity index is 445. The van der Waals surface area contributed by atoms with Crippen LogP contribution in [0.5, 0.6) is 0 Å². The van der Waals surface area contributed by atoms with Crippen LogP contribution in [0.1, 0.15) is 59.3 Å². The van der Waals surface area contributed by atoms with Gasteiger partial charge in [-0.3, -0.25) is 19.2 Å². The Kier molecular flexibility index (Phi) is 81.1. The number of rotatable bonds is 9. The second kappa shape index (κ2) is 51.5. The molecule has 0 aromatic heterocycles. The normalized spacial score (nSPS) is 6.76. The molecule has 0 unspecified atom stereocenters. The first-order valence-corrected chi connectivity index (χ1v) is 8.53. The van der Waals surface area contributed by atoms with Gasteiger partial charge in [-0.15, -0.1) is 0 Å². The van der Waals surface area contributed by atoms with Crippen molar-refractivity contribution in [3.63, 3.8) is 0 Å². The second-order valence-electron chi connectivity index (χ2n) is 4.92. The molecule has 0 aromatic rings. The molecule has 0 saturated heterocycles. The van der Waals surface area contributed by atoms with Gasteiger partial charge >= 0.3 is 17.1 Å². The summed E-state index contributed by atoms with van der Waals surface area (Å²) in [5, 5.41) is 29.6. The van der Waals surface area contributed by atoms with Gasteiger partial charge < -0.3 is 29.7 Å². The molecule has 0 aliphatic heterocycles. The minimum Gasteiger partial charge on any atom is -0.545 e. The maximum Gasteiger partial charge on any atom is 3.00 e. The quantitative estimate of drug-likeness (QED) is 0.268. The van der Waals surface area contributed by atoms with Crippen molar-refractivity contribution in [3.05, 3.63) is 36.5 Å². The van der Waals surface area contributed by atoms with Gasteiger partial charge in [-0.2, -0.15) is 0 Å². The fourth-order valence-corrected chi connectivity index (χ4v) is 1.21. The van der Waals surface area contributed by atoms with Crippen molar-refractivity contribution in [3.8, 4) is 0 Å². The first-order valence-electron chi connectivity index (χ1n) is 8.53.